The third kappa shape index (κ3) is 4.58. The summed E-state index contributed by atoms with van der Waals surface area (Å²) in [5.41, 5.74) is 5.95. The van der Waals surface area contributed by atoms with Crippen LogP contribution in [0.25, 0.3) is 0 Å². The summed E-state index contributed by atoms with van der Waals surface area (Å²) in [4.78, 5) is 14.0. The molecule has 0 aliphatic heterocycles. The molecule has 1 rings (SSSR count). The van der Waals surface area contributed by atoms with E-state index in [2.05, 4.69) is 11.8 Å². The van der Waals surface area contributed by atoms with Crippen LogP contribution in [0.5, 0.6) is 0 Å². The van der Waals surface area contributed by atoms with Crippen LogP contribution in [0.4, 0.5) is 0 Å². The van der Waals surface area contributed by atoms with Crippen LogP contribution < -0.4 is 5.73 Å². The highest BCUT2D eigenvalue weighted by Crippen LogP contribution is 2.23. The molecule has 106 valence electrons. The lowest BCUT2D eigenvalue weighted by Crippen LogP contribution is -2.44. The van der Waals surface area contributed by atoms with E-state index in [0.29, 0.717) is 12.1 Å². The Bertz CT molecular complexity index is 250. The van der Waals surface area contributed by atoms with Crippen LogP contribution >= 0.6 is 0 Å². The van der Waals surface area contributed by atoms with Gasteiger partial charge >= 0.3 is 5.97 Å². The topological polar surface area (TPSA) is 55.6 Å². The third-order valence-electron chi connectivity index (χ3n) is 3.88. The van der Waals surface area contributed by atoms with E-state index in [1.165, 1.54) is 7.11 Å². The summed E-state index contributed by atoms with van der Waals surface area (Å²) in [5.74, 6) is -0.152. The van der Waals surface area contributed by atoms with Crippen LogP contribution in [0.1, 0.15) is 46.0 Å². The average molecular weight is 256 g/mol. The fraction of sp³-hybridized carbons (Fsp3) is 0.929. The summed E-state index contributed by atoms with van der Waals surface area (Å²) in [7, 11) is 1.46. The highest BCUT2D eigenvalue weighted by atomic mass is 16.5. The van der Waals surface area contributed by atoms with E-state index >= 15 is 0 Å². The van der Waals surface area contributed by atoms with Crippen molar-refractivity contribution in [3.8, 4) is 0 Å². The Morgan fingerprint density at radius 1 is 1.39 bits per heavy atom. The highest BCUT2D eigenvalue weighted by Gasteiger charge is 2.26. The molecule has 0 heterocycles. The van der Waals surface area contributed by atoms with E-state index in [9.17, 15) is 4.79 Å². The smallest absolute Gasteiger partial charge is 0.309 e. The van der Waals surface area contributed by atoms with Crippen molar-refractivity contribution in [1.29, 1.82) is 0 Å². The van der Waals surface area contributed by atoms with Gasteiger partial charge in [0, 0.05) is 18.6 Å². The first-order chi connectivity index (χ1) is 8.58. The molecule has 0 saturated heterocycles. The lowest BCUT2D eigenvalue weighted by Gasteiger charge is -2.37. The molecule has 0 spiro atoms. The predicted octanol–water partition coefficient (Wildman–Crippen LogP) is 1.78. The van der Waals surface area contributed by atoms with Crippen LogP contribution in [0.3, 0.4) is 0 Å². The van der Waals surface area contributed by atoms with E-state index in [0.717, 1.165) is 45.2 Å². The van der Waals surface area contributed by atoms with Gasteiger partial charge in [-0.15, -0.1) is 0 Å². The Kier molecular flexibility index (Phi) is 6.65. The van der Waals surface area contributed by atoms with Gasteiger partial charge in [0.25, 0.3) is 0 Å². The SMILES string of the molecule is CCCN(CC(C)C(=O)OC)C1CCC(N)CC1. The molecule has 0 radical (unpaired) electrons. The van der Waals surface area contributed by atoms with Crippen molar-refractivity contribution >= 4 is 5.97 Å². The Morgan fingerprint density at radius 2 is 2.00 bits per heavy atom. The maximum atomic E-state index is 11.5. The quantitative estimate of drug-likeness (QED) is 0.736. The Hall–Kier alpha value is -0.610. The molecule has 1 fully saturated rings. The second-order valence-electron chi connectivity index (χ2n) is 5.49. The number of carbonyl (C=O) groups excluding carboxylic acids is 1. The number of rotatable bonds is 6. The molecule has 0 bridgehead atoms. The van der Waals surface area contributed by atoms with Crippen molar-refractivity contribution in [3.63, 3.8) is 0 Å². The van der Waals surface area contributed by atoms with Crippen LogP contribution in [-0.2, 0) is 9.53 Å². The second-order valence-corrected chi connectivity index (χ2v) is 5.49. The minimum absolute atomic E-state index is 0.0443. The summed E-state index contributed by atoms with van der Waals surface area (Å²) in [5, 5.41) is 0. The maximum absolute atomic E-state index is 11.5. The molecule has 0 aromatic rings. The average Bonchev–Trinajstić information content (AvgIpc) is 2.38. The van der Waals surface area contributed by atoms with Gasteiger partial charge in [0.05, 0.1) is 13.0 Å². The summed E-state index contributed by atoms with van der Waals surface area (Å²) in [6.07, 6.45) is 5.66. The van der Waals surface area contributed by atoms with Crippen molar-refractivity contribution < 1.29 is 9.53 Å². The van der Waals surface area contributed by atoms with Crippen molar-refractivity contribution in [3.05, 3.63) is 0 Å². The lowest BCUT2D eigenvalue weighted by molar-refractivity contribution is -0.145. The van der Waals surface area contributed by atoms with Gasteiger partial charge in [-0.05, 0) is 38.6 Å². The standard InChI is InChI=1S/C14H28N2O2/c1-4-9-16(10-11(2)14(17)18-3)13-7-5-12(15)6-8-13/h11-13H,4-10,15H2,1-3H3. The Balaban J connectivity index is 2.50. The minimum atomic E-state index is -0.108. The molecule has 1 unspecified atom stereocenters. The van der Waals surface area contributed by atoms with Gasteiger partial charge in [-0.1, -0.05) is 13.8 Å². The second kappa shape index (κ2) is 7.74. The van der Waals surface area contributed by atoms with E-state index < -0.39 is 0 Å². The molecule has 1 saturated carbocycles. The molecule has 1 aliphatic rings. The molecule has 0 aromatic carbocycles. The lowest BCUT2D eigenvalue weighted by atomic mass is 9.90. The predicted molar refractivity (Wildman–Crippen MR) is 73.3 cm³/mol. The fourth-order valence-electron chi connectivity index (χ4n) is 2.80. The number of hydrogen-bond acceptors (Lipinski definition) is 4. The first-order valence-electron chi connectivity index (χ1n) is 7.15. The fourth-order valence-corrected chi connectivity index (χ4v) is 2.80. The van der Waals surface area contributed by atoms with Crippen LogP contribution in [0.15, 0.2) is 0 Å². The maximum Gasteiger partial charge on any atom is 0.309 e. The van der Waals surface area contributed by atoms with Crippen molar-refractivity contribution in [2.24, 2.45) is 11.7 Å². The molecule has 4 heteroatoms. The molecule has 18 heavy (non-hydrogen) atoms. The number of esters is 1. The van der Waals surface area contributed by atoms with Gasteiger partial charge in [0.1, 0.15) is 0 Å². The van der Waals surface area contributed by atoms with Crippen LogP contribution in [0, 0.1) is 5.92 Å². The van der Waals surface area contributed by atoms with Crippen molar-refractivity contribution in [1.82, 2.24) is 4.90 Å². The molecule has 1 atom stereocenters. The first-order valence-corrected chi connectivity index (χ1v) is 7.15. The third-order valence-corrected chi connectivity index (χ3v) is 3.88. The van der Waals surface area contributed by atoms with Gasteiger partial charge in [-0.25, -0.2) is 0 Å². The largest absolute Gasteiger partial charge is 0.469 e. The molecule has 0 amide bonds. The number of ether oxygens (including phenoxy) is 1. The zero-order valence-electron chi connectivity index (χ0n) is 12.0. The molecule has 0 aromatic heterocycles. The van der Waals surface area contributed by atoms with Gasteiger partial charge in [-0.3, -0.25) is 9.69 Å². The van der Waals surface area contributed by atoms with Crippen LogP contribution in [0.2, 0.25) is 0 Å². The molecular weight excluding hydrogens is 228 g/mol. The van der Waals surface area contributed by atoms with E-state index in [4.69, 9.17) is 10.5 Å². The molecule has 4 nitrogen and oxygen atoms in total. The molecule has 2 N–H and O–H groups in total. The van der Waals surface area contributed by atoms with Gasteiger partial charge in [0.15, 0.2) is 0 Å². The molecule has 1 aliphatic carbocycles. The van der Waals surface area contributed by atoms with E-state index in [1.807, 2.05) is 6.92 Å². The van der Waals surface area contributed by atoms with Crippen LogP contribution in [-0.4, -0.2) is 43.2 Å². The summed E-state index contributed by atoms with van der Waals surface area (Å²) in [6.45, 7) is 6.00. The minimum Gasteiger partial charge on any atom is -0.469 e. The number of methoxy groups -OCH3 is 1. The number of nitrogens with zero attached hydrogens (tertiary/aromatic N) is 1. The Labute approximate surface area is 111 Å². The van der Waals surface area contributed by atoms with Gasteiger partial charge < -0.3 is 10.5 Å². The van der Waals surface area contributed by atoms with Gasteiger partial charge in [0.2, 0.25) is 0 Å². The zero-order chi connectivity index (χ0) is 13.5. The number of hydrogen-bond donors (Lipinski definition) is 1. The molecular formula is C14H28N2O2. The zero-order valence-corrected chi connectivity index (χ0v) is 12.0. The first kappa shape index (κ1) is 15.4. The summed E-state index contributed by atoms with van der Waals surface area (Å²) < 4.78 is 4.81. The van der Waals surface area contributed by atoms with Crippen molar-refractivity contribution in [2.75, 3.05) is 20.2 Å². The summed E-state index contributed by atoms with van der Waals surface area (Å²) in [6, 6.07) is 0.972. The normalized spacial score (nSPS) is 26.1. The summed E-state index contributed by atoms with van der Waals surface area (Å²) >= 11 is 0. The number of nitrogens with two attached hydrogens (primary N) is 1. The van der Waals surface area contributed by atoms with E-state index in [-0.39, 0.29) is 11.9 Å². The monoisotopic (exact) mass is 256 g/mol. The van der Waals surface area contributed by atoms with Crippen molar-refractivity contribution in [2.45, 2.75) is 58.0 Å². The van der Waals surface area contributed by atoms with Gasteiger partial charge in [-0.2, -0.15) is 0 Å². The van der Waals surface area contributed by atoms with E-state index in [1.54, 1.807) is 0 Å². The highest BCUT2D eigenvalue weighted by molar-refractivity contribution is 5.72. The Morgan fingerprint density at radius 3 is 2.50 bits per heavy atom. The number of carbonyl (C=O) groups is 1.